The molecule has 0 radical (unpaired) electrons. The summed E-state index contributed by atoms with van der Waals surface area (Å²) in [5, 5.41) is 0. The SMILES string of the molecule is CCCCCCCCCCCCCCCCO[P+](O)(O)OCCCCCCOP(=O)(O)OC. The molecule has 0 aliphatic carbocycles. The Hall–Kier alpha value is 0.380. The average Bonchev–Trinajstić information content (AvgIpc) is 2.78. The van der Waals surface area contributed by atoms with Crippen LogP contribution in [0.4, 0.5) is 0 Å². The Balaban J connectivity index is 3.36. The molecule has 0 aliphatic rings. The van der Waals surface area contributed by atoms with E-state index in [9.17, 15) is 14.4 Å². The van der Waals surface area contributed by atoms with Crippen LogP contribution >= 0.6 is 16.0 Å². The molecule has 1 atom stereocenters. The summed E-state index contributed by atoms with van der Waals surface area (Å²) >= 11 is 0. The van der Waals surface area contributed by atoms with Gasteiger partial charge in [0.15, 0.2) is 0 Å². The molecule has 200 valence electrons. The van der Waals surface area contributed by atoms with Crippen molar-refractivity contribution >= 4 is 16.0 Å². The van der Waals surface area contributed by atoms with Gasteiger partial charge in [-0.3, -0.25) is 9.05 Å². The normalized spacial score (nSPS) is 14.0. The average molecular weight is 518 g/mol. The van der Waals surface area contributed by atoms with Gasteiger partial charge in [0.05, 0.1) is 6.61 Å². The molecule has 0 aromatic heterocycles. The summed E-state index contributed by atoms with van der Waals surface area (Å²) in [4.78, 5) is 28.7. The van der Waals surface area contributed by atoms with Gasteiger partial charge in [0.2, 0.25) is 0 Å². The lowest BCUT2D eigenvalue weighted by Crippen LogP contribution is -2.04. The molecule has 0 saturated carbocycles. The number of unbranched alkanes of at least 4 members (excludes halogenated alkanes) is 16. The summed E-state index contributed by atoms with van der Waals surface area (Å²) in [6.07, 6.45) is 20.6. The Morgan fingerprint density at radius 3 is 1.30 bits per heavy atom. The summed E-state index contributed by atoms with van der Waals surface area (Å²) in [5.74, 6) is 0. The van der Waals surface area contributed by atoms with E-state index < -0.39 is 16.0 Å². The maximum Gasteiger partial charge on any atom is 0.569 e. The predicted octanol–water partition coefficient (Wildman–Crippen LogP) is 7.49. The van der Waals surface area contributed by atoms with E-state index in [1.807, 2.05) is 0 Å². The Labute approximate surface area is 203 Å². The Morgan fingerprint density at radius 1 is 0.606 bits per heavy atom. The van der Waals surface area contributed by atoms with Gasteiger partial charge in [0, 0.05) is 7.11 Å². The lowest BCUT2D eigenvalue weighted by Gasteiger charge is -2.10. The second kappa shape index (κ2) is 22.8. The zero-order valence-electron chi connectivity index (χ0n) is 21.1. The fraction of sp³-hybridized carbons (Fsp3) is 1.00. The van der Waals surface area contributed by atoms with Gasteiger partial charge in [-0.2, -0.15) is 18.8 Å². The molecular formula is C23H51O8P2+. The van der Waals surface area contributed by atoms with Crippen LogP contribution in [-0.4, -0.2) is 41.6 Å². The van der Waals surface area contributed by atoms with Gasteiger partial charge in [0.1, 0.15) is 13.2 Å². The number of hydrogen-bond donors (Lipinski definition) is 3. The van der Waals surface area contributed by atoms with Crippen LogP contribution in [-0.2, 0) is 22.7 Å². The van der Waals surface area contributed by atoms with E-state index in [-0.39, 0.29) is 13.2 Å². The molecule has 0 saturated heterocycles. The smallest absolute Gasteiger partial charge is 0.303 e. The number of hydrogen-bond acceptors (Lipinski definition) is 7. The van der Waals surface area contributed by atoms with Crippen LogP contribution in [0.5, 0.6) is 0 Å². The summed E-state index contributed by atoms with van der Waals surface area (Å²) in [7, 11) is -6.50. The van der Waals surface area contributed by atoms with E-state index >= 15 is 0 Å². The van der Waals surface area contributed by atoms with Crippen LogP contribution in [0, 0.1) is 0 Å². The van der Waals surface area contributed by atoms with Crippen molar-refractivity contribution in [2.24, 2.45) is 0 Å². The summed E-state index contributed by atoms with van der Waals surface area (Å²) in [6, 6.07) is 0. The molecule has 0 fully saturated rings. The van der Waals surface area contributed by atoms with Gasteiger partial charge >= 0.3 is 16.0 Å². The van der Waals surface area contributed by atoms with Gasteiger partial charge in [-0.1, -0.05) is 103 Å². The first kappa shape index (κ1) is 33.4. The van der Waals surface area contributed by atoms with E-state index in [2.05, 4.69) is 11.4 Å². The van der Waals surface area contributed by atoms with Crippen molar-refractivity contribution in [1.82, 2.24) is 0 Å². The third-order valence-electron chi connectivity index (χ3n) is 5.54. The van der Waals surface area contributed by atoms with Crippen LogP contribution < -0.4 is 0 Å². The highest BCUT2D eigenvalue weighted by Crippen LogP contribution is 2.52. The monoisotopic (exact) mass is 517 g/mol. The van der Waals surface area contributed by atoms with Crippen molar-refractivity contribution in [3.63, 3.8) is 0 Å². The second-order valence-corrected chi connectivity index (χ2v) is 11.7. The lowest BCUT2D eigenvalue weighted by molar-refractivity contribution is 0.112. The van der Waals surface area contributed by atoms with Gasteiger partial charge in [-0.05, 0) is 19.3 Å². The van der Waals surface area contributed by atoms with E-state index in [1.54, 1.807) is 0 Å². The van der Waals surface area contributed by atoms with Crippen LogP contribution in [0.3, 0.4) is 0 Å². The molecule has 3 N–H and O–H groups in total. The van der Waals surface area contributed by atoms with Crippen LogP contribution in [0.1, 0.15) is 122 Å². The Morgan fingerprint density at radius 2 is 0.939 bits per heavy atom. The fourth-order valence-corrected chi connectivity index (χ4v) is 4.76. The molecule has 0 aliphatic heterocycles. The van der Waals surface area contributed by atoms with Gasteiger partial charge in [-0.15, -0.1) is 0 Å². The second-order valence-electron chi connectivity index (χ2n) is 8.65. The maximum absolute atomic E-state index is 11.1. The molecule has 0 amide bonds. The molecule has 33 heavy (non-hydrogen) atoms. The van der Waals surface area contributed by atoms with Crippen molar-refractivity contribution in [1.29, 1.82) is 0 Å². The highest BCUT2D eigenvalue weighted by atomic mass is 31.2. The Kier molecular flexibility index (Phi) is 23.1. The van der Waals surface area contributed by atoms with Gasteiger partial charge in [0.25, 0.3) is 0 Å². The number of rotatable bonds is 26. The summed E-state index contributed by atoms with van der Waals surface area (Å²) in [5.41, 5.74) is 0. The summed E-state index contributed by atoms with van der Waals surface area (Å²) in [6.45, 7) is 2.90. The first-order chi connectivity index (χ1) is 15.8. The zero-order chi connectivity index (χ0) is 24.7. The molecular weight excluding hydrogens is 466 g/mol. The molecule has 0 rings (SSSR count). The number of phosphoric acid groups is 1. The molecule has 1 unspecified atom stereocenters. The first-order valence-electron chi connectivity index (χ1n) is 13.0. The lowest BCUT2D eigenvalue weighted by atomic mass is 10.0. The molecule has 0 spiro atoms. The van der Waals surface area contributed by atoms with Gasteiger partial charge in [-0.25, -0.2) is 4.57 Å². The minimum Gasteiger partial charge on any atom is -0.303 e. The molecule has 8 nitrogen and oxygen atoms in total. The van der Waals surface area contributed by atoms with E-state index in [0.717, 1.165) is 39.2 Å². The third-order valence-corrected chi connectivity index (χ3v) is 7.55. The van der Waals surface area contributed by atoms with Gasteiger partial charge < -0.3 is 4.89 Å². The molecule has 0 aromatic rings. The van der Waals surface area contributed by atoms with Crippen molar-refractivity contribution in [2.75, 3.05) is 26.9 Å². The van der Waals surface area contributed by atoms with Crippen molar-refractivity contribution in [3.8, 4) is 0 Å². The maximum atomic E-state index is 11.1. The third kappa shape index (κ3) is 25.3. The standard InChI is InChI=1S/C23H50O8P2/c1-3-4-5-6-7-8-9-10-11-12-13-14-15-18-22-30-33(26,27)31-23-20-17-16-19-21-29-32(24,25)28-2/h26-27H,3-23H2,1-2H3/p+1. The molecule has 0 bridgehead atoms. The van der Waals surface area contributed by atoms with Crippen LogP contribution in [0.2, 0.25) is 0 Å². The molecule has 0 aromatic carbocycles. The predicted molar refractivity (Wildman–Crippen MR) is 135 cm³/mol. The molecule has 0 heterocycles. The van der Waals surface area contributed by atoms with Crippen LogP contribution in [0.15, 0.2) is 0 Å². The highest BCUT2D eigenvalue weighted by molar-refractivity contribution is 7.54. The minimum atomic E-state index is -3.89. The van der Waals surface area contributed by atoms with E-state index in [4.69, 9.17) is 18.5 Å². The van der Waals surface area contributed by atoms with Crippen molar-refractivity contribution in [2.45, 2.75) is 122 Å². The highest BCUT2D eigenvalue weighted by Gasteiger charge is 2.38. The Bertz CT molecular complexity index is 466. The zero-order valence-corrected chi connectivity index (χ0v) is 22.9. The quantitative estimate of drug-likeness (QED) is 0.0799. The van der Waals surface area contributed by atoms with Crippen molar-refractivity contribution in [3.05, 3.63) is 0 Å². The van der Waals surface area contributed by atoms with E-state index in [1.165, 1.54) is 70.6 Å². The van der Waals surface area contributed by atoms with E-state index in [0.29, 0.717) is 19.4 Å². The van der Waals surface area contributed by atoms with Crippen molar-refractivity contribution < 1.29 is 37.3 Å². The first-order valence-corrected chi connectivity index (χ1v) is 16.0. The number of phosphoric ester groups is 1. The minimum absolute atomic E-state index is 0.141. The van der Waals surface area contributed by atoms with Crippen LogP contribution in [0.25, 0.3) is 0 Å². The summed E-state index contributed by atoms with van der Waals surface area (Å²) < 4.78 is 30.4. The molecule has 10 heteroatoms. The fourth-order valence-electron chi connectivity index (χ4n) is 3.49. The topological polar surface area (TPSA) is 115 Å². The largest absolute Gasteiger partial charge is 0.569 e.